The number of aromatic nitrogens is 10. The monoisotopic (exact) mass is 1610 g/mol. The number of methoxy groups -OCH3 is 1. The van der Waals surface area contributed by atoms with Crippen molar-refractivity contribution in [2.24, 2.45) is 0 Å². The molecule has 0 spiro atoms. The van der Waals surface area contributed by atoms with E-state index in [1.807, 2.05) is 125 Å². The fraction of sp³-hybridized carbons (Fsp3) is 0.190. The lowest BCUT2D eigenvalue weighted by atomic mass is 10.00. The van der Waals surface area contributed by atoms with Gasteiger partial charge in [0.25, 0.3) is 51.4 Å². The quantitative estimate of drug-likeness (QED) is 0.0542. The summed E-state index contributed by atoms with van der Waals surface area (Å²) in [5.41, 5.74) is 40.8. The lowest BCUT2D eigenvalue weighted by molar-refractivity contribution is 0.0757. The predicted molar refractivity (Wildman–Crippen MR) is 449 cm³/mol. The Hall–Kier alpha value is -13.0. The number of carbonyl (C=O) groups is 4. The summed E-state index contributed by atoms with van der Waals surface area (Å²) >= 11 is 6.21. The van der Waals surface area contributed by atoms with Crippen LogP contribution in [0.3, 0.4) is 0 Å². The van der Waals surface area contributed by atoms with Crippen LogP contribution in [-0.2, 0) is 38.5 Å². The van der Waals surface area contributed by atoms with Crippen molar-refractivity contribution in [1.29, 1.82) is 0 Å². The molecule has 34 heteroatoms. The fourth-order valence-corrected chi connectivity index (χ4v) is 17.4. The average molecular weight is 1610 g/mol. The Kier molecular flexibility index (Phi) is 24.1. The minimum Gasteiger partial charge on any atom is -0.496 e. The maximum absolute atomic E-state index is 13.1. The number of nitrogens with two attached hydrogens (primary N) is 5. The van der Waals surface area contributed by atoms with E-state index in [2.05, 4.69) is 79.4 Å². The number of H-pyrrole nitrogens is 5. The SMILES string of the molecule is CN(CCc1ccccc1)C(=O)c1csc2c(=O)[nH]c(N)nc12.COc1cc2c(cc1C)CCN(C(=O)c1csc3c(=O)[nH]c(N)nc13)CC2.Nc1nc2c(-c3ccccc3)csc2c(=O)[nH]1.Nc1nc2c(C(=O)N3CCc4ccccc4CC3)csc2c(=O)[nH]1.Nc1nc2c(C(=O)NCCc3ccccc3)csc2c(=O)[nH]1. The highest BCUT2D eigenvalue weighted by Gasteiger charge is 2.28. The summed E-state index contributed by atoms with van der Waals surface area (Å²) in [7, 11) is 3.41. The third kappa shape index (κ3) is 17.9. The Labute approximate surface area is 662 Å². The first-order valence-electron chi connectivity index (χ1n) is 35.4. The Morgan fingerprint density at radius 3 is 1.26 bits per heavy atom. The average Bonchev–Trinajstić information content (AvgIpc) is 1.68. The van der Waals surface area contributed by atoms with Gasteiger partial charge < -0.3 is 53.4 Å². The second-order valence-corrected chi connectivity index (χ2v) is 30.6. The molecular weight excluding hydrogens is 1540 g/mol. The Morgan fingerprint density at radius 1 is 0.451 bits per heavy atom. The number of hydrogen-bond acceptors (Lipinski definition) is 25. The Morgan fingerprint density at radius 2 is 0.805 bits per heavy atom. The molecule has 0 atom stereocenters. The van der Waals surface area contributed by atoms with Gasteiger partial charge in [0.15, 0.2) is 0 Å². The van der Waals surface area contributed by atoms with Crippen LogP contribution in [0, 0.1) is 6.92 Å². The number of aryl methyl sites for hydroxylation is 1. The lowest BCUT2D eigenvalue weighted by Crippen LogP contribution is -2.33. The third-order valence-electron chi connectivity index (χ3n) is 18.7. The largest absolute Gasteiger partial charge is 0.496 e. The Bertz CT molecular complexity index is 6340. The molecule has 17 rings (SSSR count). The second-order valence-electron chi connectivity index (χ2n) is 26.2. The molecule has 15 aromatic rings. The van der Waals surface area contributed by atoms with Gasteiger partial charge in [-0.1, -0.05) is 121 Å². The van der Waals surface area contributed by atoms with Crippen molar-refractivity contribution < 1.29 is 23.9 Å². The van der Waals surface area contributed by atoms with Crippen LogP contribution in [-0.4, -0.2) is 142 Å². The number of nitrogens with one attached hydrogen (secondary N) is 6. The van der Waals surface area contributed by atoms with Crippen molar-refractivity contribution in [3.63, 3.8) is 0 Å². The number of fused-ring (bicyclic) bond motifs is 7. The minimum atomic E-state index is -0.323. The van der Waals surface area contributed by atoms with E-state index in [0.29, 0.717) is 113 Å². The molecule has 4 amide bonds. The topological polar surface area (TPSA) is 458 Å². The van der Waals surface area contributed by atoms with Crippen molar-refractivity contribution in [3.05, 3.63) is 267 Å². The van der Waals surface area contributed by atoms with E-state index in [4.69, 9.17) is 33.4 Å². The van der Waals surface area contributed by atoms with Gasteiger partial charge in [0.1, 0.15) is 51.3 Å². The highest BCUT2D eigenvalue weighted by atomic mass is 32.1. The summed E-state index contributed by atoms with van der Waals surface area (Å²) in [5.74, 6) is 0.477. The van der Waals surface area contributed by atoms with Crippen LogP contribution in [0.4, 0.5) is 29.7 Å². The molecule has 0 aliphatic carbocycles. The number of likely N-dealkylation sites (N-methyl/N-ethyl adjacent to an activating group) is 1. The van der Waals surface area contributed by atoms with E-state index in [1.165, 1.54) is 84.5 Å². The lowest BCUT2D eigenvalue weighted by Gasteiger charge is -2.19. The summed E-state index contributed by atoms with van der Waals surface area (Å²) in [5, 5.41) is 11.5. The maximum Gasteiger partial charge on any atom is 0.270 e. The highest BCUT2D eigenvalue weighted by Crippen LogP contribution is 2.33. The van der Waals surface area contributed by atoms with E-state index in [-0.39, 0.29) is 81.2 Å². The molecule has 5 aromatic carbocycles. The summed E-state index contributed by atoms with van der Waals surface area (Å²) in [4.78, 5) is 148. The number of anilines is 5. The van der Waals surface area contributed by atoms with Crippen LogP contribution >= 0.6 is 56.7 Å². The van der Waals surface area contributed by atoms with Crippen LogP contribution in [0.25, 0.3) is 62.2 Å². The molecule has 0 saturated carbocycles. The third-order valence-corrected chi connectivity index (χ3v) is 23.6. The molecule has 0 saturated heterocycles. The van der Waals surface area contributed by atoms with Gasteiger partial charge in [0.05, 0.1) is 34.9 Å². The van der Waals surface area contributed by atoms with Gasteiger partial charge in [-0.05, 0) is 96.0 Å². The molecule has 0 fully saturated rings. The zero-order valence-electron chi connectivity index (χ0n) is 61.1. The molecule has 0 radical (unpaired) electrons. The summed E-state index contributed by atoms with van der Waals surface area (Å²) < 4.78 is 7.71. The molecular formula is C79H75N19O10S5. The van der Waals surface area contributed by atoms with Crippen LogP contribution in [0.15, 0.2) is 178 Å². The number of nitrogen functional groups attached to an aromatic ring is 5. The number of hydrogen-bond donors (Lipinski definition) is 11. The number of aromatic amines is 5. The molecule has 10 aromatic heterocycles. The van der Waals surface area contributed by atoms with Gasteiger partial charge in [0, 0.05) is 78.8 Å². The van der Waals surface area contributed by atoms with Crippen molar-refractivity contribution in [1.82, 2.24) is 69.9 Å². The molecule has 2 aliphatic heterocycles. The summed E-state index contributed by atoms with van der Waals surface area (Å²) in [6, 6.07) is 42.2. The minimum absolute atomic E-state index is 0.00855. The van der Waals surface area contributed by atoms with E-state index in [9.17, 15) is 43.2 Å². The maximum atomic E-state index is 13.1. The smallest absolute Gasteiger partial charge is 0.270 e. The fourth-order valence-electron chi connectivity index (χ4n) is 13.0. The van der Waals surface area contributed by atoms with Gasteiger partial charge >= 0.3 is 0 Å². The normalized spacial score (nSPS) is 12.3. The Balaban J connectivity index is 0.000000124. The number of benzene rings is 5. The number of ether oxygens (including phenoxy) is 1. The number of rotatable bonds is 12. The zero-order chi connectivity index (χ0) is 79.6. The second kappa shape index (κ2) is 34.9. The summed E-state index contributed by atoms with van der Waals surface area (Å²) in [6.07, 6.45) is 4.71. The van der Waals surface area contributed by atoms with Gasteiger partial charge in [0.2, 0.25) is 29.7 Å². The van der Waals surface area contributed by atoms with Gasteiger partial charge in [-0.2, -0.15) is 0 Å². The molecule has 29 nitrogen and oxygen atoms in total. The highest BCUT2D eigenvalue weighted by molar-refractivity contribution is 7.18. The van der Waals surface area contributed by atoms with Crippen LogP contribution in [0.5, 0.6) is 5.75 Å². The van der Waals surface area contributed by atoms with Gasteiger partial charge in [-0.25, -0.2) is 24.9 Å². The van der Waals surface area contributed by atoms with Crippen molar-refractivity contribution in [2.45, 2.75) is 45.4 Å². The first-order chi connectivity index (χ1) is 54.6. The van der Waals surface area contributed by atoms with Gasteiger partial charge in [-0.3, -0.25) is 68.1 Å². The van der Waals surface area contributed by atoms with E-state index >= 15 is 0 Å². The standard InChI is InChI=1S/C19H20N4O3S.C17H16N4O2S.C16H16N4O2S.C15H14N4O2S.C12H9N3OS/c1-10-7-11-3-5-23(6-4-12(11)8-14(10)26-2)18(25)13-9-27-16-15(13)21-19(20)22-17(16)24;18-17-19-13-12(9-24-14(13)15(22)20-17)16(23)21-7-5-10-3-1-2-4-11(10)6-8-21;1-20(8-7-10-5-3-2-4-6-10)15(22)11-9-23-13-12(11)18-16(17)19-14(13)21;16-15-18-11-10(8-22-12(11)14(21)19-15)13(20)17-7-6-9-4-2-1-3-5-9;13-12-14-9-8(7-4-2-1-3-5-7)6-17-10(9)11(16)15-12/h7-9H,3-6H2,1-2H3,(H3,20,21,22,24);1-4,9H,5-8H2,(H3,18,19,20,22);2-6,9H,7-8H2,1H3,(H3,17,18,19,21);1-5,8H,6-7H2,(H,17,20)(H3,16,18,19,21);1-6H,(H3,13,14,15,16). The van der Waals surface area contributed by atoms with E-state index in [1.54, 1.807) is 40.6 Å². The first-order valence-corrected chi connectivity index (χ1v) is 39.8. The van der Waals surface area contributed by atoms with Crippen molar-refractivity contribution in [3.8, 4) is 16.9 Å². The molecule has 2 aliphatic rings. The number of thiophene rings is 5. The van der Waals surface area contributed by atoms with E-state index in [0.717, 1.165) is 66.5 Å². The number of carbonyl (C=O) groups excluding carboxylic acids is 4. The molecule has 0 bridgehead atoms. The van der Waals surface area contributed by atoms with Crippen LogP contribution in [0.2, 0.25) is 0 Å². The van der Waals surface area contributed by atoms with Crippen LogP contribution < -0.4 is 66.5 Å². The van der Waals surface area contributed by atoms with Crippen molar-refractivity contribution in [2.75, 3.05) is 82.1 Å². The number of nitrogens with zero attached hydrogens (tertiary/aromatic N) is 8. The molecule has 12 heterocycles. The molecule has 0 unspecified atom stereocenters. The first kappa shape index (κ1) is 78.1. The van der Waals surface area contributed by atoms with E-state index < -0.39 is 0 Å². The van der Waals surface area contributed by atoms with Crippen molar-refractivity contribution >= 4 is 161 Å². The molecule has 16 N–H and O–H groups in total. The molecule has 576 valence electrons. The van der Waals surface area contributed by atoms with Crippen LogP contribution in [0.1, 0.15) is 80.4 Å². The zero-order valence-corrected chi connectivity index (χ0v) is 65.2. The summed E-state index contributed by atoms with van der Waals surface area (Å²) in [6.45, 7) is 5.66. The molecule has 113 heavy (non-hydrogen) atoms. The predicted octanol–water partition coefficient (Wildman–Crippen LogP) is 9.59. The van der Waals surface area contributed by atoms with Gasteiger partial charge in [-0.15, -0.1) is 56.7 Å². The number of amides is 4.